The molecule has 2 heterocycles. The van der Waals surface area contributed by atoms with E-state index in [4.69, 9.17) is 10.5 Å². The molecule has 1 aliphatic rings. The second-order valence-electron chi connectivity index (χ2n) is 6.76. The molecule has 1 saturated heterocycles. The van der Waals surface area contributed by atoms with Crippen LogP contribution in [0.2, 0.25) is 0 Å². The molecule has 0 bridgehead atoms. The van der Waals surface area contributed by atoms with Crippen LogP contribution in [0.3, 0.4) is 0 Å². The van der Waals surface area contributed by atoms with Gasteiger partial charge >= 0.3 is 0 Å². The fourth-order valence-electron chi connectivity index (χ4n) is 3.40. The number of carbonyl (C=O) groups is 2. The number of nitrogens with zero attached hydrogens (tertiary/aromatic N) is 3. The van der Waals surface area contributed by atoms with Gasteiger partial charge in [0.15, 0.2) is 0 Å². The molecule has 2 amide bonds. The number of piperidine rings is 1. The minimum atomic E-state index is -0.489. The number of carbonyl (C=O) groups excluding carboxylic acids is 2. The highest BCUT2D eigenvalue weighted by Crippen LogP contribution is 2.29. The number of likely N-dealkylation sites (tertiary alicyclic amines) is 1. The third-order valence-corrected chi connectivity index (χ3v) is 5.07. The van der Waals surface area contributed by atoms with Crippen LogP contribution in [0, 0.1) is 13.8 Å². The highest BCUT2D eigenvalue weighted by Gasteiger charge is 2.36. The van der Waals surface area contributed by atoms with Gasteiger partial charge in [0.2, 0.25) is 11.8 Å². The number of amides is 2. The number of methoxy groups -OCH3 is 1. The van der Waals surface area contributed by atoms with E-state index in [1.807, 2.05) is 27.0 Å². The van der Waals surface area contributed by atoms with Crippen molar-refractivity contribution in [1.82, 2.24) is 14.7 Å². The first-order valence-corrected chi connectivity index (χ1v) is 8.58. The predicted molar refractivity (Wildman–Crippen MR) is 95.7 cm³/mol. The van der Waals surface area contributed by atoms with Crippen molar-refractivity contribution in [3.05, 3.63) is 23.0 Å². The Labute approximate surface area is 148 Å². The summed E-state index contributed by atoms with van der Waals surface area (Å²) in [5.74, 6) is -0.398. The number of rotatable bonds is 6. The molecule has 7 heteroatoms. The lowest BCUT2D eigenvalue weighted by Crippen LogP contribution is -2.51. The normalized spacial score (nSPS) is 21.0. The Kier molecular flexibility index (Phi) is 6.00. The van der Waals surface area contributed by atoms with E-state index in [2.05, 4.69) is 5.10 Å². The maximum Gasteiger partial charge on any atom is 0.246 e. The third kappa shape index (κ3) is 4.48. The lowest BCUT2D eigenvalue weighted by Gasteiger charge is -2.41. The fourth-order valence-corrected chi connectivity index (χ4v) is 3.40. The Balaban J connectivity index is 2.08. The summed E-state index contributed by atoms with van der Waals surface area (Å²) in [6, 6.07) is 0. The Morgan fingerprint density at radius 1 is 1.40 bits per heavy atom. The Morgan fingerprint density at radius 2 is 2.12 bits per heavy atom. The number of aryl methyl sites for hydroxylation is 2. The van der Waals surface area contributed by atoms with Crippen LogP contribution in [0.5, 0.6) is 0 Å². The molecule has 0 spiro atoms. The van der Waals surface area contributed by atoms with Gasteiger partial charge in [0.25, 0.3) is 0 Å². The zero-order chi connectivity index (χ0) is 18.6. The molecule has 1 atom stereocenters. The summed E-state index contributed by atoms with van der Waals surface area (Å²) in [4.78, 5) is 25.5. The largest absolute Gasteiger partial charge is 0.376 e. The van der Waals surface area contributed by atoms with E-state index in [1.165, 1.54) is 0 Å². The van der Waals surface area contributed by atoms with E-state index in [0.717, 1.165) is 29.8 Å². The summed E-state index contributed by atoms with van der Waals surface area (Å²) in [6.45, 7) is 5.07. The fraction of sp³-hybridized carbons (Fsp3) is 0.611. The molecule has 0 unspecified atom stereocenters. The van der Waals surface area contributed by atoms with E-state index in [1.54, 1.807) is 22.8 Å². The molecule has 2 N–H and O–H groups in total. The summed E-state index contributed by atoms with van der Waals surface area (Å²) in [7, 11) is 3.52. The zero-order valence-corrected chi connectivity index (χ0v) is 15.5. The summed E-state index contributed by atoms with van der Waals surface area (Å²) in [6.07, 6.45) is 5.89. The molecule has 0 aromatic carbocycles. The predicted octanol–water partition coefficient (Wildman–Crippen LogP) is 1.32. The minimum Gasteiger partial charge on any atom is -0.376 e. The maximum atomic E-state index is 12.6. The van der Waals surface area contributed by atoms with Gasteiger partial charge in [-0.2, -0.15) is 5.10 Å². The number of hydrogen-bond donors (Lipinski definition) is 1. The molecule has 0 radical (unpaired) electrons. The Hall–Kier alpha value is -2.15. The van der Waals surface area contributed by atoms with Gasteiger partial charge in [-0.3, -0.25) is 14.3 Å². The van der Waals surface area contributed by atoms with Crippen LogP contribution in [0.1, 0.15) is 42.6 Å². The monoisotopic (exact) mass is 348 g/mol. The van der Waals surface area contributed by atoms with Crippen LogP contribution in [-0.4, -0.2) is 52.3 Å². The second kappa shape index (κ2) is 7.82. The summed E-state index contributed by atoms with van der Waals surface area (Å²) in [5.41, 5.74) is 7.67. The van der Waals surface area contributed by atoms with Crippen molar-refractivity contribution in [3.8, 4) is 0 Å². The Bertz CT molecular complexity index is 680. The van der Waals surface area contributed by atoms with Crippen molar-refractivity contribution < 1.29 is 14.3 Å². The van der Waals surface area contributed by atoms with Gasteiger partial charge in [0.1, 0.15) is 0 Å². The SMILES string of the molecule is CO[C@]1(CCC(N)=O)CCCN(C(=O)/C=C/c2c(C)nn(C)c2C)C1. The molecule has 25 heavy (non-hydrogen) atoms. The lowest BCUT2D eigenvalue weighted by molar-refractivity contribution is -0.136. The van der Waals surface area contributed by atoms with Crippen LogP contribution < -0.4 is 5.73 Å². The standard InChI is InChI=1S/C18H28N4O3/c1-13-15(14(2)21(3)20-13)6-7-17(24)22-11-5-9-18(12-22,25-4)10-8-16(19)23/h6-7H,5,8-12H2,1-4H3,(H2,19,23)/b7-6+/t18-/m0/s1. The van der Waals surface area contributed by atoms with Gasteiger partial charge in [0.05, 0.1) is 11.3 Å². The number of ether oxygens (including phenoxy) is 1. The van der Waals surface area contributed by atoms with Crippen molar-refractivity contribution in [2.75, 3.05) is 20.2 Å². The zero-order valence-electron chi connectivity index (χ0n) is 15.5. The molecule has 0 aliphatic carbocycles. The highest BCUT2D eigenvalue weighted by atomic mass is 16.5. The first kappa shape index (κ1) is 19.2. The van der Waals surface area contributed by atoms with Crippen LogP contribution in [0.25, 0.3) is 6.08 Å². The van der Waals surface area contributed by atoms with Crippen molar-refractivity contribution >= 4 is 17.9 Å². The van der Waals surface area contributed by atoms with Gasteiger partial charge in [-0.1, -0.05) is 0 Å². The van der Waals surface area contributed by atoms with Gasteiger partial charge in [-0.05, 0) is 39.2 Å². The van der Waals surface area contributed by atoms with Gasteiger partial charge in [-0.25, -0.2) is 0 Å². The molecule has 1 aromatic heterocycles. The van der Waals surface area contributed by atoms with Crippen LogP contribution in [0.4, 0.5) is 0 Å². The molecule has 0 saturated carbocycles. The minimum absolute atomic E-state index is 0.0529. The second-order valence-corrected chi connectivity index (χ2v) is 6.76. The molecule has 1 fully saturated rings. The number of primary amides is 1. The van der Waals surface area contributed by atoms with Gasteiger partial charge in [0, 0.05) is 51.0 Å². The molecule has 7 nitrogen and oxygen atoms in total. The van der Waals surface area contributed by atoms with Gasteiger partial charge in [-0.15, -0.1) is 0 Å². The van der Waals surface area contributed by atoms with Gasteiger partial charge < -0.3 is 15.4 Å². The maximum absolute atomic E-state index is 12.6. The highest BCUT2D eigenvalue weighted by molar-refractivity contribution is 5.92. The van der Waals surface area contributed by atoms with E-state index in [0.29, 0.717) is 19.5 Å². The smallest absolute Gasteiger partial charge is 0.246 e. The van der Waals surface area contributed by atoms with Crippen molar-refractivity contribution in [1.29, 1.82) is 0 Å². The molecule has 1 aromatic rings. The van der Waals surface area contributed by atoms with Crippen molar-refractivity contribution in [2.24, 2.45) is 12.8 Å². The summed E-state index contributed by atoms with van der Waals surface area (Å²) < 4.78 is 7.48. The quantitative estimate of drug-likeness (QED) is 0.785. The molecule has 2 rings (SSSR count). The average Bonchev–Trinajstić information content (AvgIpc) is 2.83. The first-order valence-electron chi connectivity index (χ1n) is 8.58. The van der Waals surface area contributed by atoms with Crippen molar-refractivity contribution in [3.63, 3.8) is 0 Å². The average molecular weight is 348 g/mol. The van der Waals surface area contributed by atoms with Crippen LogP contribution >= 0.6 is 0 Å². The van der Waals surface area contributed by atoms with Crippen molar-refractivity contribution in [2.45, 2.75) is 45.1 Å². The molecular weight excluding hydrogens is 320 g/mol. The number of hydrogen-bond acceptors (Lipinski definition) is 4. The molecule has 1 aliphatic heterocycles. The van der Waals surface area contributed by atoms with E-state index in [-0.39, 0.29) is 18.2 Å². The van der Waals surface area contributed by atoms with Crippen LogP contribution in [-0.2, 0) is 21.4 Å². The number of nitrogens with two attached hydrogens (primary N) is 1. The first-order chi connectivity index (χ1) is 11.8. The Morgan fingerprint density at radius 3 is 2.68 bits per heavy atom. The summed E-state index contributed by atoms with van der Waals surface area (Å²) >= 11 is 0. The molecular formula is C18H28N4O3. The van der Waals surface area contributed by atoms with E-state index >= 15 is 0 Å². The summed E-state index contributed by atoms with van der Waals surface area (Å²) in [5, 5.41) is 4.35. The topological polar surface area (TPSA) is 90.4 Å². The van der Waals surface area contributed by atoms with Crippen LogP contribution in [0.15, 0.2) is 6.08 Å². The molecule has 138 valence electrons. The number of aromatic nitrogens is 2. The van der Waals surface area contributed by atoms with E-state index in [9.17, 15) is 9.59 Å². The lowest BCUT2D eigenvalue weighted by atomic mass is 9.87. The third-order valence-electron chi connectivity index (χ3n) is 5.07. The van der Waals surface area contributed by atoms with E-state index < -0.39 is 5.60 Å².